The van der Waals surface area contributed by atoms with Gasteiger partial charge >= 0.3 is 0 Å². The van der Waals surface area contributed by atoms with Gasteiger partial charge in [-0.25, -0.2) is 0 Å². The van der Waals surface area contributed by atoms with E-state index >= 15 is 0 Å². The molecule has 0 saturated carbocycles. The number of halogens is 1. The number of hydrogen-bond acceptors (Lipinski definition) is 3. The van der Waals surface area contributed by atoms with Crippen LogP contribution < -0.4 is 5.32 Å². The average Bonchev–Trinajstić information content (AvgIpc) is 2.47. The van der Waals surface area contributed by atoms with Crippen LogP contribution >= 0.6 is 27.7 Å². The predicted molar refractivity (Wildman–Crippen MR) is 94.1 cm³/mol. The number of phenolic OH excluding ortho intramolecular Hbond substituents is 1. The third-order valence-corrected chi connectivity index (χ3v) is 4.81. The molecule has 0 radical (unpaired) electrons. The second-order valence-electron chi connectivity index (χ2n) is 4.89. The SMILES string of the molecule is CCNC(CSc1cccc(Br)c1)Cc1ccc(O)cc1. The lowest BCUT2D eigenvalue weighted by Crippen LogP contribution is -2.33. The van der Waals surface area contributed by atoms with E-state index in [0.29, 0.717) is 11.8 Å². The summed E-state index contributed by atoms with van der Waals surface area (Å²) < 4.78 is 1.12. The van der Waals surface area contributed by atoms with Gasteiger partial charge in [0.2, 0.25) is 0 Å². The van der Waals surface area contributed by atoms with Crippen LogP contribution in [-0.4, -0.2) is 23.4 Å². The Hall–Kier alpha value is -0.970. The van der Waals surface area contributed by atoms with Crippen molar-refractivity contribution in [3.8, 4) is 5.75 Å². The van der Waals surface area contributed by atoms with Crippen molar-refractivity contribution in [2.45, 2.75) is 24.3 Å². The molecule has 0 fully saturated rings. The van der Waals surface area contributed by atoms with Gasteiger partial charge in [-0.05, 0) is 48.9 Å². The minimum absolute atomic E-state index is 0.322. The first-order valence-corrected chi connectivity index (χ1v) is 8.85. The Bertz CT molecular complexity index is 559. The van der Waals surface area contributed by atoms with E-state index in [0.717, 1.165) is 23.2 Å². The normalized spacial score (nSPS) is 12.3. The molecular weight excluding hydrogens is 346 g/mol. The van der Waals surface area contributed by atoms with Gasteiger partial charge in [0.25, 0.3) is 0 Å². The number of likely N-dealkylation sites (N-methyl/N-ethyl adjacent to an activating group) is 1. The number of hydrogen-bond donors (Lipinski definition) is 2. The Morgan fingerprint density at radius 1 is 1.19 bits per heavy atom. The molecule has 0 saturated heterocycles. The third-order valence-electron chi connectivity index (χ3n) is 3.16. The Labute approximate surface area is 139 Å². The van der Waals surface area contributed by atoms with Crippen LogP contribution in [0.15, 0.2) is 57.9 Å². The first kappa shape index (κ1) is 16.4. The van der Waals surface area contributed by atoms with E-state index in [1.54, 1.807) is 12.1 Å². The molecular formula is C17H20BrNOS. The Morgan fingerprint density at radius 2 is 1.95 bits per heavy atom. The van der Waals surface area contributed by atoms with Crippen LogP contribution in [0.5, 0.6) is 5.75 Å². The fraction of sp³-hybridized carbons (Fsp3) is 0.294. The summed E-state index contributed by atoms with van der Waals surface area (Å²) in [5.41, 5.74) is 1.24. The molecule has 4 heteroatoms. The maximum absolute atomic E-state index is 9.35. The fourth-order valence-electron chi connectivity index (χ4n) is 2.15. The molecule has 2 N–H and O–H groups in total. The van der Waals surface area contributed by atoms with Crippen molar-refractivity contribution in [3.05, 3.63) is 58.6 Å². The molecule has 0 heterocycles. The summed E-state index contributed by atoms with van der Waals surface area (Å²) in [5, 5.41) is 12.9. The van der Waals surface area contributed by atoms with E-state index in [2.05, 4.69) is 46.4 Å². The van der Waals surface area contributed by atoms with Crippen LogP contribution in [0.2, 0.25) is 0 Å². The van der Waals surface area contributed by atoms with Crippen LogP contribution in [0.4, 0.5) is 0 Å². The Morgan fingerprint density at radius 3 is 2.62 bits per heavy atom. The zero-order valence-electron chi connectivity index (χ0n) is 12.1. The molecule has 1 atom stereocenters. The first-order valence-electron chi connectivity index (χ1n) is 7.07. The van der Waals surface area contributed by atoms with E-state index in [-0.39, 0.29) is 0 Å². The van der Waals surface area contributed by atoms with E-state index in [4.69, 9.17) is 0 Å². The summed E-state index contributed by atoms with van der Waals surface area (Å²) >= 11 is 5.37. The van der Waals surface area contributed by atoms with Crippen LogP contribution in [0.1, 0.15) is 12.5 Å². The van der Waals surface area contributed by atoms with Gasteiger partial charge in [-0.1, -0.05) is 41.1 Å². The van der Waals surface area contributed by atoms with Crippen molar-refractivity contribution in [2.24, 2.45) is 0 Å². The number of phenols is 1. The van der Waals surface area contributed by atoms with Gasteiger partial charge in [-0.3, -0.25) is 0 Å². The van der Waals surface area contributed by atoms with Crippen molar-refractivity contribution in [1.82, 2.24) is 5.32 Å². The molecule has 0 aliphatic heterocycles. The highest BCUT2D eigenvalue weighted by atomic mass is 79.9. The van der Waals surface area contributed by atoms with Crippen molar-refractivity contribution in [3.63, 3.8) is 0 Å². The minimum Gasteiger partial charge on any atom is -0.508 e. The second kappa shape index (κ2) is 8.47. The third kappa shape index (κ3) is 5.73. The fourth-order valence-corrected chi connectivity index (χ4v) is 3.71. The van der Waals surface area contributed by atoms with Gasteiger partial charge < -0.3 is 10.4 Å². The van der Waals surface area contributed by atoms with Crippen molar-refractivity contribution in [2.75, 3.05) is 12.3 Å². The van der Waals surface area contributed by atoms with E-state index in [1.165, 1.54) is 10.5 Å². The van der Waals surface area contributed by atoms with E-state index in [9.17, 15) is 5.11 Å². The van der Waals surface area contributed by atoms with Gasteiger partial charge in [0.15, 0.2) is 0 Å². The molecule has 0 spiro atoms. The summed E-state index contributed by atoms with van der Waals surface area (Å²) in [6, 6.07) is 16.3. The molecule has 0 bridgehead atoms. The molecule has 0 aliphatic carbocycles. The van der Waals surface area contributed by atoms with Crippen LogP contribution in [0.25, 0.3) is 0 Å². The Balaban J connectivity index is 1.93. The second-order valence-corrected chi connectivity index (χ2v) is 6.90. The first-order chi connectivity index (χ1) is 10.2. The smallest absolute Gasteiger partial charge is 0.115 e. The molecule has 0 aliphatic rings. The molecule has 1 unspecified atom stereocenters. The molecule has 2 aromatic carbocycles. The molecule has 21 heavy (non-hydrogen) atoms. The number of thioether (sulfide) groups is 1. The standard InChI is InChI=1S/C17H20BrNOS/c1-2-19-15(10-13-6-8-16(20)9-7-13)12-21-17-5-3-4-14(18)11-17/h3-9,11,15,19-20H,2,10,12H2,1H3. The average molecular weight is 366 g/mol. The van der Waals surface area contributed by atoms with Crippen LogP contribution in [-0.2, 0) is 6.42 Å². The number of rotatable bonds is 7. The van der Waals surface area contributed by atoms with Gasteiger partial charge in [0.05, 0.1) is 0 Å². The lowest BCUT2D eigenvalue weighted by Gasteiger charge is -2.18. The maximum Gasteiger partial charge on any atom is 0.115 e. The van der Waals surface area contributed by atoms with Gasteiger partial charge in [-0.15, -0.1) is 11.8 Å². The number of benzene rings is 2. The van der Waals surface area contributed by atoms with Crippen molar-refractivity contribution >= 4 is 27.7 Å². The molecule has 2 rings (SSSR count). The van der Waals surface area contributed by atoms with Gasteiger partial charge in [0.1, 0.15) is 5.75 Å². The quantitative estimate of drug-likeness (QED) is 0.710. The summed E-state index contributed by atoms with van der Waals surface area (Å²) in [6.07, 6.45) is 0.967. The Kier molecular flexibility index (Phi) is 6.61. The molecule has 0 aromatic heterocycles. The molecule has 2 nitrogen and oxygen atoms in total. The number of nitrogens with one attached hydrogen (secondary N) is 1. The molecule has 0 amide bonds. The lowest BCUT2D eigenvalue weighted by molar-refractivity contribution is 0.474. The van der Waals surface area contributed by atoms with Crippen LogP contribution in [0.3, 0.4) is 0 Å². The van der Waals surface area contributed by atoms with E-state index in [1.807, 2.05) is 30.0 Å². The van der Waals surface area contributed by atoms with Crippen molar-refractivity contribution < 1.29 is 5.11 Å². The molecule has 2 aromatic rings. The van der Waals surface area contributed by atoms with Gasteiger partial charge in [0, 0.05) is 21.2 Å². The summed E-state index contributed by atoms with van der Waals surface area (Å²) in [7, 11) is 0. The lowest BCUT2D eigenvalue weighted by atomic mass is 10.1. The molecule has 112 valence electrons. The highest BCUT2D eigenvalue weighted by Gasteiger charge is 2.09. The van der Waals surface area contributed by atoms with Gasteiger partial charge in [-0.2, -0.15) is 0 Å². The monoisotopic (exact) mass is 365 g/mol. The van der Waals surface area contributed by atoms with Crippen molar-refractivity contribution in [1.29, 1.82) is 0 Å². The van der Waals surface area contributed by atoms with Crippen LogP contribution in [0, 0.1) is 0 Å². The largest absolute Gasteiger partial charge is 0.508 e. The summed E-state index contributed by atoms with van der Waals surface area (Å²) in [4.78, 5) is 1.28. The maximum atomic E-state index is 9.35. The minimum atomic E-state index is 0.322. The zero-order chi connectivity index (χ0) is 15.1. The summed E-state index contributed by atoms with van der Waals surface area (Å²) in [5.74, 6) is 1.34. The highest BCUT2D eigenvalue weighted by Crippen LogP contribution is 2.23. The topological polar surface area (TPSA) is 32.3 Å². The predicted octanol–water partition coefficient (Wildman–Crippen LogP) is 4.47. The number of aromatic hydroxyl groups is 1. The van der Waals surface area contributed by atoms with E-state index < -0.39 is 0 Å². The zero-order valence-corrected chi connectivity index (χ0v) is 14.5. The summed E-state index contributed by atoms with van der Waals surface area (Å²) in [6.45, 7) is 3.09. The highest BCUT2D eigenvalue weighted by molar-refractivity contribution is 9.10.